The van der Waals surface area contributed by atoms with Crippen LogP contribution in [0.3, 0.4) is 0 Å². The van der Waals surface area contributed by atoms with Gasteiger partial charge in [0.2, 0.25) is 0 Å². The summed E-state index contributed by atoms with van der Waals surface area (Å²) in [5, 5.41) is 0. The Morgan fingerprint density at radius 2 is 1.48 bits per heavy atom. The SMILES string of the molecule is CCCCCCCCCCC(N)C(C)(C)N1CCOCC1. The van der Waals surface area contributed by atoms with Crippen LogP contribution in [0.25, 0.3) is 0 Å². The largest absolute Gasteiger partial charge is 0.379 e. The minimum atomic E-state index is 0.102. The van der Waals surface area contributed by atoms with E-state index in [1.165, 1.54) is 51.4 Å². The molecule has 3 heteroatoms. The summed E-state index contributed by atoms with van der Waals surface area (Å²) in [5.74, 6) is 0. The summed E-state index contributed by atoms with van der Waals surface area (Å²) < 4.78 is 5.45. The maximum Gasteiger partial charge on any atom is 0.0594 e. The molecule has 2 N–H and O–H groups in total. The number of rotatable bonds is 11. The highest BCUT2D eigenvalue weighted by molar-refractivity contribution is 4.92. The van der Waals surface area contributed by atoms with Crippen LogP contribution < -0.4 is 5.73 Å². The van der Waals surface area contributed by atoms with Gasteiger partial charge in [-0.25, -0.2) is 0 Å². The van der Waals surface area contributed by atoms with E-state index in [4.69, 9.17) is 10.5 Å². The Hall–Kier alpha value is -0.120. The van der Waals surface area contributed by atoms with Gasteiger partial charge in [0.15, 0.2) is 0 Å². The quantitative estimate of drug-likeness (QED) is 0.587. The molecule has 1 atom stereocenters. The number of hydrogen-bond acceptors (Lipinski definition) is 3. The molecule has 0 saturated carbocycles. The Kier molecular flexibility index (Phi) is 9.54. The van der Waals surface area contributed by atoms with Crippen LogP contribution in [0, 0.1) is 0 Å². The van der Waals surface area contributed by atoms with Gasteiger partial charge in [0.05, 0.1) is 13.2 Å². The maximum atomic E-state index is 6.48. The van der Waals surface area contributed by atoms with Gasteiger partial charge in [-0.2, -0.15) is 0 Å². The average molecular weight is 299 g/mol. The molecular weight excluding hydrogens is 260 g/mol. The second-order valence-corrected chi connectivity index (χ2v) is 7.12. The standard InChI is InChI=1S/C18H38N2O/c1-4-5-6-7-8-9-10-11-12-17(19)18(2,3)20-13-15-21-16-14-20/h17H,4-16,19H2,1-3H3. The third kappa shape index (κ3) is 7.12. The van der Waals surface area contributed by atoms with Crippen molar-refractivity contribution >= 4 is 0 Å². The van der Waals surface area contributed by atoms with Crippen LogP contribution in [0.5, 0.6) is 0 Å². The van der Waals surface area contributed by atoms with Crippen molar-refractivity contribution in [2.75, 3.05) is 26.3 Å². The van der Waals surface area contributed by atoms with Gasteiger partial charge in [0.25, 0.3) is 0 Å². The molecule has 1 rings (SSSR count). The van der Waals surface area contributed by atoms with E-state index in [0.717, 1.165) is 32.7 Å². The zero-order valence-corrected chi connectivity index (χ0v) is 14.7. The summed E-state index contributed by atoms with van der Waals surface area (Å²) in [6.45, 7) is 10.6. The molecule has 0 amide bonds. The van der Waals surface area contributed by atoms with Crippen molar-refractivity contribution < 1.29 is 4.74 Å². The third-order valence-electron chi connectivity index (χ3n) is 5.10. The lowest BCUT2D eigenvalue weighted by Crippen LogP contribution is -2.59. The fourth-order valence-corrected chi connectivity index (χ4v) is 3.23. The number of nitrogens with zero attached hydrogens (tertiary/aromatic N) is 1. The molecule has 126 valence electrons. The molecule has 0 aliphatic carbocycles. The van der Waals surface area contributed by atoms with Crippen LogP contribution >= 0.6 is 0 Å². The molecule has 1 aliphatic rings. The van der Waals surface area contributed by atoms with Crippen molar-refractivity contribution in [1.29, 1.82) is 0 Å². The maximum absolute atomic E-state index is 6.48. The molecule has 1 aliphatic heterocycles. The molecule has 1 fully saturated rings. The van der Waals surface area contributed by atoms with E-state index in [2.05, 4.69) is 25.7 Å². The summed E-state index contributed by atoms with van der Waals surface area (Å²) >= 11 is 0. The number of morpholine rings is 1. The monoisotopic (exact) mass is 298 g/mol. The highest BCUT2D eigenvalue weighted by Crippen LogP contribution is 2.23. The van der Waals surface area contributed by atoms with Gasteiger partial charge in [-0.3, -0.25) is 4.90 Å². The van der Waals surface area contributed by atoms with Crippen LogP contribution in [0.1, 0.15) is 78.6 Å². The first-order chi connectivity index (χ1) is 10.1. The zero-order chi connectivity index (χ0) is 15.6. The van der Waals surface area contributed by atoms with E-state index in [1.807, 2.05) is 0 Å². The molecule has 21 heavy (non-hydrogen) atoms. The fourth-order valence-electron chi connectivity index (χ4n) is 3.23. The molecule has 0 aromatic heterocycles. The molecule has 0 bridgehead atoms. The number of nitrogens with two attached hydrogens (primary N) is 1. The molecule has 3 nitrogen and oxygen atoms in total. The number of hydrogen-bond donors (Lipinski definition) is 1. The van der Waals surface area contributed by atoms with E-state index in [1.54, 1.807) is 0 Å². The number of ether oxygens (including phenoxy) is 1. The van der Waals surface area contributed by atoms with Gasteiger partial charge >= 0.3 is 0 Å². The van der Waals surface area contributed by atoms with E-state index in [9.17, 15) is 0 Å². The lowest BCUT2D eigenvalue weighted by molar-refractivity contribution is -0.0197. The van der Waals surface area contributed by atoms with Gasteiger partial charge in [-0.15, -0.1) is 0 Å². The van der Waals surface area contributed by atoms with Crippen molar-refractivity contribution in [1.82, 2.24) is 4.90 Å². The van der Waals surface area contributed by atoms with Gasteiger partial charge < -0.3 is 10.5 Å². The third-order valence-corrected chi connectivity index (χ3v) is 5.10. The molecule has 0 aromatic carbocycles. The molecule has 0 spiro atoms. The van der Waals surface area contributed by atoms with Gasteiger partial charge in [0.1, 0.15) is 0 Å². The Morgan fingerprint density at radius 1 is 0.952 bits per heavy atom. The van der Waals surface area contributed by atoms with E-state index in [-0.39, 0.29) is 11.6 Å². The predicted octanol–water partition coefficient (Wildman–Crippen LogP) is 3.96. The highest BCUT2D eigenvalue weighted by Gasteiger charge is 2.33. The summed E-state index contributed by atoms with van der Waals surface area (Å²) in [5.41, 5.74) is 6.58. The second-order valence-electron chi connectivity index (χ2n) is 7.12. The Morgan fingerprint density at radius 3 is 2.05 bits per heavy atom. The predicted molar refractivity (Wildman–Crippen MR) is 91.7 cm³/mol. The Balaban J connectivity index is 2.10. The van der Waals surface area contributed by atoms with Crippen LogP contribution in [0.2, 0.25) is 0 Å². The van der Waals surface area contributed by atoms with Crippen molar-refractivity contribution in [3.63, 3.8) is 0 Å². The molecule has 1 heterocycles. The van der Waals surface area contributed by atoms with E-state index in [0.29, 0.717) is 0 Å². The Bertz CT molecular complexity index is 250. The number of unbranched alkanes of at least 4 members (excludes halogenated alkanes) is 7. The molecule has 1 unspecified atom stereocenters. The van der Waals surface area contributed by atoms with E-state index >= 15 is 0 Å². The van der Waals surface area contributed by atoms with Crippen LogP contribution in [0.4, 0.5) is 0 Å². The van der Waals surface area contributed by atoms with Crippen LogP contribution in [-0.4, -0.2) is 42.8 Å². The summed E-state index contributed by atoms with van der Waals surface area (Å²) in [6, 6.07) is 0.274. The first kappa shape index (κ1) is 18.9. The Labute approximate surface area is 132 Å². The zero-order valence-electron chi connectivity index (χ0n) is 14.7. The molecular formula is C18H38N2O. The van der Waals surface area contributed by atoms with Crippen LogP contribution in [-0.2, 0) is 4.74 Å². The average Bonchev–Trinajstić information content (AvgIpc) is 2.50. The lowest BCUT2D eigenvalue weighted by Gasteiger charge is -2.44. The first-order valence-corrected chi connectivity index (χ1v) is 9.17. The molecule has 1 saturated heterocycles. The fraction of sp³-hybridized carbons (Fsp3) is 1.00. The summed E-state index contributed by atoms with van der Waals surface area (Å²) in [7, 11) is 0. The van der Waals surface area contributed by atoms with Crippen molar-refractivity contribution in [2.45, 2.75) is 90.1 Å². The minimum absolute atomic E-state index is 0.102. The summed E-state index contributed by atoms with van der Waals surface area (Å²) in [4.78, 5) is 2.51. The van der Waals surface area contributed by atoms with Crippen molar-refractivity contribution in [2.24, 2.45) is 5.73 Å². The van der Waals surface area contributed by atoms with Gasteiger partial charge in [-0.05, 0) is 20.3 Å². The lowest BCUT2D eigenvalue weighted by atomic mass is 9.88. The van der Waals surface area contributed by atoms with Crippen LogP contribution in [0.15, 0.2) is 0 Å². The summed E-state index contributed by atoms with van der Waals surface area (Å²) in [6.07, 6.45) is 12.1. The second kappa shape index (κ2) is 10.6. The van der Waals surface area contributed by atoms with E-state index < -0.39 is 0 Å². The molecule has 0 radical (unpaired) electrons. The first-order valence-electron chi connectivity index (χ1n) is 9.17. The highest BCUT2D eigenvalue weighted by atomic mass is 16.5. The minimum Gasteiger partial charge on any atom is -0.379 e. The van der Waals surface area contributed by atoms with Crippen molar-refractivity contribution in [3.05, 3.63) is 0 Å². The van der Waals surface area contributed by atoms with Gasteiger partial charge in [0, 0.05) is 24.7 Å². The van der Waals surface area contributed by atoms with Crippen molar-refractivity contribution in [3.8, 4) is 0 Å². The molecule has 0 aromatic rings. The van der Waals surface area contributed by atoms with Gasteiger partial charge in [-0.1, -0.05) is 58.3 Å². The normalized spacial score (nSPS) is 18.9. The smallest absolute Gasteiger partial charge is 0.0594 e. The topological polar surface area (TPSA) is 38.5 Å².